The SMILES string of the molecule is COC1CCC(n2c(CCCl)nc3c(F)cccc32)C1. The van der Waals surface area contributed by atoms with Gasteiger partial charge in [-0.2, -0.15) is 0 Å². The molecule has 1 saturated carbocycles. The van der Waals surface area contributed by atoms with E-state index in [4.69, 9.17) is 16.3 Å². The van der Waals surface area contributed by atoms with Gasteiger partial charge in [-0.1, -0.05) is 6.07 Å². The van der Waals surface area contributed by atoms with Crippen LogP contribution in [0, 0.1) is 5.82 Å². The summed E-state index contributed by atoms with van der Waals surface area (Å²) in [7, 11) is 1.75. The smallest absolute Gasteiger partial charge is 0.151 e. The number of para-hydroxylation sites is 1. The lowest BCUT2D eigenvalue weighted by molar-refractivity contribution is 0.106. The Kier molecular flexibility index (Phi) is 3.94. The van der Waals surface area contributed by atoms with Crippen LogP contribution in [-0.2, 0) is 11.2 Å². The fraction of sp³-hybridized carbons (Fsp3) is 0.533. The molecule has 1 fully saturated rings. The molecule has 3 rings (SSSR count). The third-order valence-corrected chi connectivity index (χ3v) is 4.31. The minimum Gasteiger partial charge on any atom is -0.381 e. The van der Waals surface area contributed by atoms with E-state index in [9.17, 15) is 4.39 Å². The van der Waals surface area contributed by atoms with E-state index in [0.717, 1.165) is 30.6 Å². The fourth-order valence-electron chi connectivity index (χ4n) is 3.17. The van der Waals surface area contributed by atoms with E-state index in [0.29, 0.717) is 23.9 Å². The highest BCUT2D eigenvalue weighted by Crippen LogP contribution is 2.35. The Morgan fingerprint density at radius 2 is 2.30 bits per heavy atom. The van der Waals surface area contributed by atoms with Crippen LogP contribution in [-0.4, -0.2) is 28.6 Å². The summed E-state index contributed by atoms with van der Waals surface area (Å²) in [5.41, 5.74) is 1.32. The van der Waals surface area contributed by atoms with Crippen LogP contribution in [0.5, 0.6) is 0 Å². The monoisotopic (exact) mass is 296 g/mol. The number of nitrogens with zero attached hydrogens (tertiary/aromatic N) is 2. The summed E-state index contributed by atoms with van der Waals surface area (Å²) < 4.78 is 21.5. The Labute approximate surface area is 122 Å². The normalized spacial score (nSPS) is 22.8. The molecule has 2 aromatic rings. The van der Waals surface area contributed by atoms with Gasteiger partial charge < -0.3 is 9.30 Å². The van der Waals surface area contributed by atoms with Crippen LogP contribution < -0.4 is 0 Å². The standard InChI is InChI=1S/C15H18ClFN2O/c1-20-11-6-5-10(9-11)19-13-4-2-3-12(17)15(13)18-14(19)7-8-16/h2-4,10-11H,5-9H2,1H3. The summed E-state index contributed by atoms with van der Waals surface area (Å²) in [5, 5.41) is 0. The molecule has 0 saturated heterocycles. The van der Waals surface area contributed by atoms with Gasteiger partial charge in [0.15, 0.2) is 5.82 Å². The number of ether oxygens (including phenoxy) is 1. The number of hydrogen-bond acceptors (Lipinski definition) is 2. The average Bonchev–Trinajstić information content (AvgIpc) is 3.03. The van der Waals surface area contributed by atoms with E-state index in [-0.39, 0.29) is 11.9 Å². The molecule has 5 heteroatoms. The van der Waals surface area contributed by atoms with Gasteiger partial charge in [0.25, 0.3) is 0 Å². The van der Waals surface area contributed by atoms with E-state index >= 15 is 0 Å². The van der Waals surface area contributed by atoms with Crippen molar-refractivity contribution in [1.29, 1.82) is 0 Å². The van der Waals surface area contributed by atoms with E-state index in [1.807, 2.05) is 6.07 Å². The third kappa shape index (κ3) is 2.31. The number of hydrogen-bond donors (Lipinski definition) is 0. The van der Waals surface area contributed by atoms with Crippen molar-refractivity contribution in [3.05, 3.63) is 29.8 Å². The number of rotatable bonds is 4. The Hall–Kier alpha value is -1.13. The molecular formula is C15H18ClFN2O. The summed E-state index contributed by atoms with van der Waals surface area (Å²) >= 11 is 5.87. The third-order valence-electron chi connectivity index (χ3n) is 4.12. The van der Waals surface area contributed by atoms with Crippen molar-refractivity contribution in [2.45, 2.75) is 37.8 Å². The molecule has 1 aromatic heterocycles. The molecule has 108 valence electrons. The highest BCUT2D eigenvalue weighted by molar-refractivity contribution is 6.17. The molecule has 1 aliphatic rings. The number of imidazole rings is 1. The Bertz CT molecular complexity index is 613. The Morgan fingerprint density at radius 1 is 1.45 bits per heavy atom. The largest absolute Gasteiger partial charge is 0.381 e. The summed E-state index contributed by atoms with van der Waals surface area (Å²) in [5.74, 6) is 1.10. The number of aryl methyl sites for hydroxylation is 1. The van der Waals surface area contributed by atoms with Gasteiger partial charge in [0, 0.05) is 25.5 Å². The quantitative estimate of drug-likeness (QED) is 0.805. The molecular weight excluding hydrogens is 279 g/mol. The van der Waals surface area contributed by atoms with Gasteiger partial charge in [0.1, 0.15) is 11.3 Å². The predicted molar refractivity (Wildman–Crippen MR) is 77.8 cm³/mol. The molecule has 0 N–H and O–H groups in total. The summed E-state index contributed by atoms with van der Waals surface area (Å²) in [4.78, 5) is 4.46. The maximum Gasteiger partial charge on any atom is 0.151 e. The van der Waals surface area contributed by atoms with Gasteiger partial charge in [0.05, 0.1) is 11.6 Å². The van der Waals surface area contributed by atoms with E-state index in [1.54, 1.807) is 13.2 Å². The van der Waals surface area contributed by atoms with Gasteiger partial charge >= 0.3 is 0 Å². The second-order valence-corrected chi connectivity index (χ2v) is 5.65. The highest BCUT2D eigenvalue weighted by Gasteiger charge is 2.29. The number of fused-ring (bicyclic) bond motifs is 1. The molecule has 0 radical (unpaired) electrons. The Morgan fingerprint density at radius 3 is 3.00 bits per heavy atom. The molecule has 20 heavy (non-hydrogen) atoms. The molecule has 0 amide bonds. The van der Waals surface area contributed by atoms with Crippen molar-refractivity contribution in [1.82, 2.24) is 9.55 Å². The molecule has 1 aliphatic carbocycles. The minimum atomic E-state index is -0.265. The topological polar surface area (TPSA) is 27.1 Å². The van der Waals surface area contributed by atoms with Crippen LogP contribution in [0.15, 0.2) is 18.2 Å². The first-order valence-corrected chi connectivity index (χ1v) is 7.52. The van der Waals surface area contributed by atoms with Gasteiger partial charge in [-0.15, -0.1) is 11.6 Å². The molecule has 1 aromatic carbocycles. The second kappa shape index (κ2) is 5.70. The lowest BCUT2D eigenvalue weighted by atomic mass is 10.2. The van der Waals surface area contributed by atoms with Crippen molar-refractivity contribution in [3.63, 3.8) is 0 Å². The number of methoxy groups -OCH3 is 1. The summed E-state index contributed by atoms with van der Waals surface area (Å²) in [6.07, 6.45) is 3.97. The van der Waals surface area contributed by atoms with Crippen LogP contribution in [0.4, 0.5) is 4.39 Å². The second-order valence-electron chi connectivity index (χ2n) is 5.27. The minimum absolute atomic E-state index is 0.265. The number of alkyl halides is 1. The van der Waals surface area contributed by atoms with Crippen LogP contribution in [0.25, 0.3) is 11.0 Å². The van der Waals surface area contributed by atoms with Crippen molar-refractivity contribution in [2.24, 2.45) is 0 Å². The maximum absolute atomic E-state index is 13.9. The van der Waals surface area contributed by atoms with Gasteiger partial charge in [-0.3, -0.25) is 0 Å². The van der Waals surface area contributed by atoms with Gasteiger partial charge in [-0.05, 0) is 31.4 Å². The van der Waals surface area contributed by atoms with Gasteiger partial charge in [-0.25, -0.2) is 9.37 Å². The number of halogens is 2. The van der Waals surface area contributed by atoms with Crippen molar-refractivity contribution in [3.8, 4) is 0 Å². The maximum atomic E-state index is 13.9. The number of benzene rings is 1. The highest BCUT2D eigenvalue weighted by atomic mass is 35.5. The van der Waals surface area contributed by atoms with Crippen LogP contribution >= 0.6 is 11.6 Å². The molecule has 2 atom stereocenters. The molecule has 2 unspecified atom stereocenters. The van der Waals surface area contributed by atoms with Crippen molar-refractivity contribution >= 4 is 22.6 Å². The first-order chi connectivity index (χ1) is 9.74. The van der Waals surface area contributed by atoms with Crippen molar-refractivity contribution in [2.75, 3.05) is 13.0 Å². The lowest BCUT2D eigenvalue weighted by Crippen LogP contribution is -2.12. The first kappa shape index (κ1) is 13.8. The molecule has 0 spiro atoms. The van der Waals surface area contributed by atoms with Crippen LogP contribution in [0.1, 0.15) is 31.1 Å². The molecule has 0 aliphatic heterocycles. The summed E-state index contributed by atoms with van der Waals surface area (Å²) in [6.45, 7) is 0. The molecule has 0 bridgehead atoms. The molecule has 1 heterocycles. The van der Waals surface area contributed by atoms with Crippen molar-refractivity contribution < 1.29 is 9.13 Å². The van der Waals surface area contributed by atoms with E-state index in [2.05, 4.69) is 9.55 Å². The predicted octanol–water partition coefficient (Wildman–Crippen LogP) is 3.70. The van der Waals surface area contributed by atoms with Crippen LogP contribution in [0.3, 0.4) is 0 Å². The van der Waals surface area contributed by atoms with E-state index in [1.165, 1.54) is 6.07 Å². The number of aromatic nitrogens is 2. The fourth-order valence-corrected chi connectivity index (χ4v) is 3.33. The first-order valence-electron chi connectivity index (χ1n) is 6.98. The van der Waals surface area contributed by atoms with Crippen LogP contribution in [0.2, 0.25) is 0 Å². The molecule has 3 nitrogen and oxygen atoms in total. The average molecular weight is 297 g/mol. The summed E-state index contributed by atoms with van der Waals surface area (Å²) in [6, 6.07) is 5.45. The zero-order valence-corrected chi connectivity index (χ0v) is 12.2. The zero-order chi connectivity index (χ0) is 14.1. The zero-order valence-electron chi connectivity index (χ0n) is 11.5. The lowest BCUT2D eigenvalue weighted by Gasteiger charge is -2.16. The Balaban J connectivity index is 2.07. The van der Waals surface area contributed by atoms with Gasteiger partial charge in [0.2, 0.25) is 0 Å². The van der Waals surface area contributed by atoms with E-state index < -0.39 is 0 Å².